The van der Waals surface area contributed by atoms with Crippen LogP contribution in [-0.4, -0.2) is 25.3 Å². The molecule has 0 radical (unpaired) electrons. The third-order valence-corrected chi connectivity index (χ3v) is 4.10. The topological polar surface area (TPSA) is 21.3 Å². The summed E-state index contributed by atoms with van der Waals surface area (Å²) in [4.78, 5) is 0. The summed E-state index contributed by atoms with van der Waals surface area (Å²) < 4.78 is 5.46. The largest absolute Gasteiger partial charge is 0.380 e. The standard InChI is InChI=1S/C14H27NO/c1-3-16-10-11(2)15-14-6-4-5-13(9-14)12-7-8-12/h11-15H,3-10H2,1-2H3. The molecule has 0 saturated heterocycles. The van der Waals surface area contributed by atoms with E-state index in [-0.39, 0.29) is 0 Å². The van der Waals surface area contributed by atoms with Crippen molar-refractivity contribution in [1.82, 2.24) is 5.32 Å². The van der Waals surface area contributed by atoms with Gasteiger partial charge in [0.1, 0.15) is 0 Å². The van der Waals surface area contributed by atoms with Gasteiger partial charge < -0.3 is 10.1 Å². The molecule has 2 rings (SSSR count). The van der Waals surface area contributed by atoms with Gasteiger partial charge in [0.25, 0.3) is 0 Å². The van der Waals surface area contributed by atoms with Crippen molar-refractivity contribution in [1.29, 1.82) is 0 Å². The van der Waals surface area contributed by atoms with Crippen molar-refractivity contribution < 1.29 is 4.74 Å². The third-order valence-electron chi connectivity index (χ3n) is 4.10. The van der Waals surface area contributed by atoms with E-state index >= 15 is 0 Å². The molecule has 3 unspecified atom stereocenters. The van der Waals surface area contributed by atoms with Crippen LogP contribution in [0.1, 0.15) is 52.4 Å². The van der Waals surface area contributed by atoms with Crippen molar-refractivity contribution in [2.75, 3.05) is 13.2 Å². The number of rotatable bonds is 6. The van der Waals surface area contributed by atoms with Crippen LogP contribution in [0.2, 0.25) is 0 Å². The van der Waals surface area contributed by atoms with Gasteiger partial charge in [-0.2, -0.15) is 0 Å². The van der Waals surface area contributed by atoms with E-state index in [0.29, 0.717) is 6.04 Å². The first kappa shape index (κ1) is 12.4. The first-order chi connectivity index (χ1) is 7.79. The average Bonchev–Trinajstić information content (AvgIpc) is 3.10. The lowest BCUT2D eigenvalue weighted by atomic mass is 9.82. The second-order valence-corrected chi connectivity index (χ2v) is 5.69. The van der Waals surface area contributed by atoms with Crippen molar-refractivity contribution in [3.63, 3.8) is 0 Å². The Morgan fingerprint density at radius 3 is 2.69 bits per heavy atom. The minimum atomic E-state index is 0.517. The van der Waals surface area contributed by atoms with Gasteiger partial charge in [-0.25, -0.2) is 0 Å². The second-order valence-electron chi connectivity index (χ2n) is 5.69. The smallest absolute Gasteiger partial charge is 0.0616 e. The second kappa shape index (κ2) is 6.02. The number of ether oxygens (including phenoxy) is 1. The Morgan fingerprint density at radius 2 is 2.00 bits per heavy atom. The first-order valence-electron chi connectivity index (χ1n) is 7.13. The van der Waals surface area contributed by atoms with E-state index in [9.17, 15) is 0 Å². The molecule has 2 nitrogen and oxygen atoms in total. The summed E-state index contributed by atoms with van der Waals surface area (Å²) in [5.74, 6) is 2.12. The Labute approximate surface area is 100 Å². The van der Waals surface area contributed by atoms with Gasteiger partial charge in [0, 0.05) is 18.7 Å². The van der Waals surface area contributed by atoms with Gasteiger partial charge >= 0.3 is 0 Å². The van der Waals surface area contributed by atoms with Crippen LogP contribution in [0.5, 0.6) is 0 Å². The molecule has 0 aromatic rings. The van der Waals surface area contributed by atoms with Gasteiger partial charge in [-0.3, -0.25) is 0 Å². The Hall–Kier alpha value is -0.0800. The molecule has 2 fully saturated rings. The van der Waals surface area contributed by atoms with E-state index in [0.717, 1.165) is 31.1 Å². The average molecular weight is 225 g/mol. The molecule has 0 aromatic carbocycles. The van der Waals surface area contributed by atoms with Gasteiger partial charge in [-0.15, -0.1) is 0 Å². The van der Waals surface area contributed by atoms with Crippen molar-refractivity contribution in [3.8, 4) is 0 Å². The maximum atomic E-state index is 5.46. The highest BCUT2D eigenvalue weighted by Gasteiger charge is 2.34. The summed E-state index contributed by atoms with van der Waals surface area (Å²) in [5.41, 5.74) is 0. The molecule has 0 aromatic heterocycles. The fourth-order valence-corrected chi connectivity index (χ4v) is 3.12. The molecule has 0 aliphatic heterocycles. The summed E-state index contributed by atoms with van der Waals surface area (Å²) in [7, 11) is 0. The minimum absolute atomic E-state index is 0.517. The molecule has 2 aliphatic carbocycles. The van der Waals surface area contributed by atoms with Crippen LogP contribution in [-0.2, 0) is 4.74 Å². The van der Waals surface area contributed by atoms with Crippen molar-refractivity contribution in [2.45, 2.75) is 64.5 Å². The first-order valence-corrected chi connectivity index (χ1v) is 7.13. The summed E-state index contributed by atoms with van der Waals surface area (Å²) in [6.45, 7) is 6.01. The molecule has 16 heavy (non-hydrogen) atoms. The predicted molar refractivity (Wildman–Crippen MR) is 67.6 cm³/mol. The van der Waals surface area contributed by atoms with Crippen molar-refractivity contribution >= 4 is 0 Å². The lowest BCUT2D eigenvalue weighted by molar-refractivity contribution is 0.117. The van der Waals surface area contributed by atoms with Crippen LogP contribution in [0.3, 0.4) is 0 Å². The molecule has 0 heterocycles. The fraction of sp³-hybridized carbons (Fsp3) is 1.00. The molecule has 0 amide bonds. The quantitative estimate of drug-likeness (QED) is 0.750. The van der Waals surface area contributed by atoms with Gasteiger partial charge in [0.2, 0.25) is 0 Å². The van der Waals surface area contributed by atoms with Crippen LogP contribution < -0.4 is 5.32 Å². The van der Waals surface area contributed by atoms with Gasteiger partial charge in [-0.05, 0) is 51.4 Å². The molecule has 2 aliphatic rings. The third kappa shape index (κ3) is 3.74. The molecule has 0 bridgehead atoms. The molecule has 2 heteroatoms. The summed E-state index contributed by atoms with van der Waals surface area (Å²) in [5, 5.41) is 3.74. The minimum Gasteiger partial charge on any atom is -0.380 e. The van der Waals surface area contributed by atoms with Crippen LogP contribution >= 0.6 is 0 Å². The van der Waals surface area contributed by atoms with Gasteiger partial charge in [0.15, 0.2) is 0 Å². The Kier molecular flexibility index (Phi) is 4.66. The highest BCUT2D eigenvalue weighted by atomic mass is 16.5. The summed E-state index contributed by atoms with van der Waals surface area (Å²) >= 11 is 0. The lowest BCUT2D eigenvalue weighted by Crippen LogP contribution is -2.42. The van der Waals surface area contributed by atoms with E-state index in [1.807, 2.05) is 0 Å². The van der Waals surface area contributed by atoms with Crippen molar-refractivity contribution in [3.05, 3.63) is 0 Å². The zero-order valence-corrected chi connectivity index (χ0v) is 10.9. The van der Waals surface area contributed by atoms with E-state index in [1.165, 1.54) is 38.5 Å². The zero-order valence-electron chi connectivity index (χ0n) is 10.9. The van der Waals surface area contributed by atoms with Crippen LogP contribution in [0.15, 0.2) is 0 Å². The van der Waals surface area contributed by atoms with Crippen molar-refractivity contribution in [2.24, 2.45) is 11.8 Å². The lowest BCUT2D eigenvalue weighted by Gasteiger charge is -2.32. The van der Waals surface area contributed by atoms with E-state index in [2.05, 4.69) is 19.2 Å². The Balaban J connectivity index is 1.67. The fourth-order valence-electron chi connectivity index (χ4n) is 3.12. The molecule has 94 valence electrons. The van der Waals surface area contributed by atoms with Crippen LogP contribution in [0, 0.1) is 11.8 Å². The molecule has 2 saturated carbocycles. The van der Waals surface area contributed by atoms with Crippen LogP contribution in [0.25, 0.3) is 0 Å². The normalized spacial score (nSPS) is 32.6. The number of hydrogen-bond acceptors (Lipinski definition) is 2. The van der Waals surface area contributed by atoms with Crippen LogP contribution in [0.4, 0.5) is 0 Å². The maximum absolute atomic E-state index is 5.46. The molecular weight excluding hydrogens is 198 g/mol. The van der Waals surface area contributed by atoms with E-state index < -0.39 is 0 Å². The maximum Gasteiger partial charge on any atom is 0.0616 e. The predicted octanol–water partition coefficient (Wildman–Crippen LogP) is 2.97. The van der Waals surface area contributed by atoms with Gasteiger partial charge in [0.05, 0.1) is 6.61 Å². The highest BCUT2D eigenvalue weighted by molar-refractivity contribution is 4.88. The summed E-state index contributed by atoms with van der Waals surface area (Å²) in [6.07, 6.45) is 8.72. The molecule has 3 atom stereocenters. The molecule has 0 spiro atoms. The Bertz CT molecular complexity index is 203. The summed E-state index contributed by atoms with van der Waals surface area (Å²) in [6, 6.07) is 1.28. The van der Waals surface area contributed by atoms with E-state index in [4.69, 9.17) is 4.74 Å². The van der Waals surface area contributed by atoms with E-state index in [1.54, 1.807) is 0 Å². The molecular formula is C14H27NO. The monoisotopic (exact) mass is 225 g/mol. The van der Waals surface area contributed by atoms with Gasteiger partial charge in [-0.1, -0.05) is 12.8 Å². The highest BCUT2D eigenvalue weighted by Crippen LogP contribution is 2.43. The SMILES string of the molecule is CCOCC(C)NC1CCCC(C2CC2)C1. The zero-order chi connectivity index (χ0) is 11.4. The molecule has 1 N–H and O–H groups in total. The Morgan fingerprint density at radius 1 is 1.19 bits per heavy atom. The number of hydrogen-bond donors (Lipinski definition) is 1. The number of nitrogens with one attached hydrogen (secondary N) is 1.